The zero-order chi connectivity index (χ0) is 24.4. The second-order valence-electron chi connectivity index (χ2n) is 8.22. The van der Waals surface area contributed by atoms with E-state index in [1.807, 2.05) is 0 Å². The number of aromatic amines is 2. The lowest BCUT2D eigenvalue weighted by Gasteiger charge is -2.32. The van der Waals surface area contributed by atoms with Crippen molar-refractivity contribution in [2.45, 2.75) is 45.7 Å². The molecule has 0 amide bonds. The van der Waals surface area contributed by atoms with Gasteiger partial charge in [-0.3, -0.25) is 24.1 Å². The van der Waals surface area contributed by atoms with E-state index in [9.17, 15) is 24.3 Å². The SMILES string of the molecule is CC(C)n1c([O-])c(C2c3cc(Cl)cc(Cl)c3Oc3[nH]c(=O)n(C(C)C)c(=O)c32)c(=O)[nH]c1=O. The van der Waals surface area contributed by atoms with Crippen LogP contribution in [0.1, 0.15) is 62.4 Å². The molecule has 0 fully saturated rings. The van der Waals surface area contributed by atoms with E-state index < -0.39 is 51.9 Å². The summed E-state index contributed by atoms with van der Waals surface area (Å²) in [5.41, 5.74) is -3.69. The second kappa shape index (κ2) is 7.96. The lowest BCUT2D eigenvalue weighted by molar-refractivity contribution is -0.282. The van der Waals surface area contributed by atoms with Crippen molar-refractivity contribution in [2.24, 2.45) is 0 Å². The summed E-state index contributed by atoms with van der Waals surface area (Å²) in [6.45, 7) is 6.48. The standard InChI is InChI=1S/C21H20Cl2N4O6/c1-7(2)26-18(29)13(16(28)24-20(26)31)12-10-5-9(22)6-11(23)15(10)33-17-14(12)19(30)27(8(3)4)21(32)25-17/h5-8,12,29H,1-4H3,(H,25,32)(H,24,28,31)/p-1. The van der Waals surface area contributed by atoms with Crippen molar-refractivity contribution in [3.63, 3.8) is 0 Å². The van der Waals surface area contributed by atoms with E-state index in [0.717, 1.165) is 9.13 Å². The number of nitrogens with one attached hydrogen (secondary N) is 2. The number of H-pyrrole nitrogens is 2. The number of aromatic nitrogens is 4. The van der Waals surface area contributed by atoms with Crippen LogP contribution in [0.4, 0.5) is 0 Å². The third-order valence-electron chi connectivity index (χ3n) is 5.43. The Bertz CT molecular complexity index is 1530. The third-order valence-corrected chi connectivity index (χ3v) is 5.93. The molecule has 1 unspecified atom stereocenters. The quantitative estimate of drug-likeness (QED) is 0.447. The molecule has 2 aromatic heterocycles. The van der Waals surface area contributed by atoms with Gasteiger partial charge in [-0.25, -0.2) is 9.59 Å². The van der Waals surface area contributed by atoms with Crippen LogP contribution in [0.5, 0.6) is 17.5 Å². The van der Waals surface area contributed by atoms with Gasteiger partial charge in [0.15, 0.2) is 5.75 Å². The highest BCUT2D eigenvalue weighted by Crippen LogP contribution is 2.49. The summed E-state index contributed by atoms with van der Waals surface area (Å²) in [6, 6.07) is 1.69. The largest absolute Gasteiger partial charge is 0.860 e. The normalized spacial score (nSPS) is 14.8. The average molecular weight is 494 g/mol. The number of rotatable bonds is 3. The fourth-order valence-electron chi connectivity index (χ4n) is 4.08. The average Bonchev–Trinajstić information content (AvgIpc) is 2.67. The predicted octanol–water partition coefficient (Wildman–Crippen LogP) is 2.21. The molecule has 1 aliphatic heterocycles. The molecule has 3 aromatic rings. The summed E-state index contributed by atoms with van der Waals surface area (Å²) in [5.74, 6) is -2.40. The van der Waals surface area contributed by atoms with Gasteiger partial charge in [-0.1, -0.05) is 23.2 Å². The van der Waals surface area contributed by atoms with Gasteiger partial charge in [-0.2, -0.15) is 0 Å². The maximum atomic E-state index is 13.5. The molecular formula is C21H19Cl2N4O6-. The van der Waals surface area contributed by atoms with Gasteiger partial charge in [0.25, 0.3) is 11.1 Å². The van der Waals surface area contributed by atoms with Gasteiger partial charge >= 0.3 is 11.4 Å². The lowest BCUT2D eigenvalue weighted by atomic mass is 9.84. The highest BCUT2D eigenvalue weighted by Gasteiger charge is 2.37. The molecule has 10 nitrogen and oxygen atoms in total. The van der Waals surface area contributed by atoms with E-state index in [1.54, 1.807) is 27.7 Å². The van der Waals surface area contributed by atoms with Gasteiger partial charge in [0.2, 0.25) is 5.88 Å². The minimum absolute atomic E-state index is 0.0250. The van der Waals surface area contributed by atoms with E-state index in [2.05, 4.69) is 9.97 Å². The molecule has 1 atom stereocenters. The fourth-order valence-corrected chi connectivity index (χ4v) is 4.62. The Morgan fingerprint density at radius 3 is 2.15 bits per heavy atom. The monoisotopic (exact) mass is 493 g/mol. The Morgan fingerprint density at radius 2 is 1.55 bits per heavy atom. The number of nitrogens with zero attached hydrogens (tertiary/aromatic N) is 2. The van der Waals surface area contributed by atoms with Crippen LogP contribution in [-0.4, -0.2) is 19.1 Å². The van der Waals surface area contributed by atoms with Crippen LogP contribution in [0.25, 0.3) is 0 Å². The van der Waals surface area contributed by atoms with Crippen molar-refractivity contribution in [2.75, 3.05) is 0 Å². The van der Waals surface area contributed by atoms with Crippen LogP contribution in [0.2, 0.25) is 10.0 Å². The molecule has 174 valence electrons. The molecule has 3 heterocycles. The Hall–Kier alpha value is -3.24. The highest BCUT2D eigenvalue weighted by atomic mass is 35.5. The predicted molar refractivity (Wildman–Crippen MR) is 120 cm³/mol. The van der Waals surface area contributed by atoms with Crippen LogP contribution in [0, 0.1) is 0 Å². The highest BCUT2D eigenvalue weighted by molar-refractivity contribution is 6.35. The Morgan fingerprint density at radius 1 is 0.939 bits per heavy atom. The summed E-state index contributed by atoms with van der Waals surface area (Å²) < 4.78 is 7.58. The minimum Gasteiger partial charge on any atom is -0.860 e. The van der Waals surface area contributed by atoms with Gasteiger partial charge < -0.3 is 14.4 Å². The molecular weight excluding hydrogens is 475 g/mol. The van der Waals surface area contributed by atoms with Crippen molar-refractivity contribution in [3.8, 4) is 17.5 Å². The molecule has 2 N–H and O–H groups in total. The number of hydrogen-bond acceptors (Lipinski definition) is 6. The first-order valence-electron chi connectivity index (χ1n) is 10.0. The van der Waals surface area contributed by atoms with Crippen LogP contribution in [0.3, 0.4) is 0 Å². The summed E-state index contributed by atoms with van der Waals surface area (Å²) in [4.78, 5) is 56.0. The zero-order valence-corrected chi connectivity index (χ0v) is 19.5. The number of halogens is 2. The topological polar surface area (TPSA) is 142 Å². The van der Waals surface area contributed by atoms with E-state index >= 15 is 0 Å². The molecule has 33 heavy (non-hydrogen) atoms. The smallest absolute Gasteiger partial charge is 0.331 e. The van der Waals surface area contributed by atoms with Gasteiger partial charge in [0.1, 0.15) is 0 Å². The molecule has 0 radical (unpaired) electrons. The minimum atomic E-state index is -1.31. The summed E-state index contributed by atoms with van der Waals surface area (Å²) in [5, 5.41) is 13.6. The first kappa shape index (κ1) is 22.9. The maximum Gasteiger partial charge on any atom is 0.331 e. The van der Waals surface area contributed by atoms with Gasteiger partial charge in [-0.15, -0.1) is 0 Å². The Labute approximate surface area is 196 Å². The maximum absolute atomic E-state index is 13.5. The molecule has 1 aliphatic rings. The molecule has 0 saturated carbocycles. The summed E-state index contributed by atoms with van der Waals surface area (Å²) >= 11 is 12.5. The van der Waals surface area contributed by atoms with Crippen LogP contribution < -0.4 is 32.3 Å². The van der Waals surface area contributed by atoms with Crippen LogP contribution in [0.15, 0.2) is 31.3 Å². The van der Waals surface area contributed by atoms with Crippen LogP contribution >= 0.6 is 23.2 Å². The zero-order valence-electron chi connectivity index (χ0n) is 18.0. The van der Waals surface area contributed by atoms with E-state index in [1.165, 1.54) is 12.1 Å². The Balaban J connectivity index is 2.22. The molecule has 1 aromatic carbocycles. The lowest BCUT2D eigenvalue weighted by Crippen LogP contribution is -2.42. The molecule has 0 saturated heterocycles. The van der Waals surface area contributed by atoms with Crippen molar-refractivity contribution < 1.29 is 9.84 Å². The number of hydrogen-bond donors (Lipinski definition) is 2. The third kappa shape index (κ3) is 3.50. The van der Waals surface area contributed by atoms with Crippen LogP contribution in [-0.2, 0) is 0 Å². The molecule has 4 rings (SSSR count). The first-order chi connectivity index (χ1) is 15.4. The summed E-state index contributed by atoms with van der Waals surface area (Å²) in [6.07, 6.45) is 0. The van der Waals surface area contributed by atoms with Gasteiger partial charge in [-0.05, 0) is 45.7 Å². The molecule has 0 bridgehead atoms. The molecule has 12 heteroatoms. The molecule has 0 spiro atoms. The van der Waals surface area contributed by atoms with E-state index in [-0.39, 0.29) is 32.8 Å². The fraction of sp³-hybridized carbons (Fsp3) is 0.333. The number of fused-ring (bicyclic) bond motifs is 2. The molecule has 0 aliphatic carbocycles. The Kier molecular flexibility index (Phi) is 5.53. The van der Waals surface area contributed by atoms with Crippen molar-refractivity contribution in [1.29, 1.82) is 0 Å². The van der Waals surface area contributed by atoms with E-state index in [4.69, 9.17) is 27.9 Å². The van der Waals surface area contributed by atoms with Gasteiger partial charge in [0, 0.05) is 28.2 Å². The van der Waals surface area contributed by atoms with E-state index in [0.29, 0.717) is 0 Å². The number of ether oxygens (including phenoxy) is 1. The van der Waals surface area contributed by atoms with Crippen molar-refractivity contribution >= 4 is 23.2 Å². The van der Waals surface area contributed by atoms with Crippen molar-refractivity contribution in [1.82, 2.24) is 19.1 Å². The van der Waals surface area contributed by atoms with Crippen molar-refractivity contribution in [3.05, 3.63) is 80.5 Å². The first-order valence-corrected chi connectivity index (χ1v) is 10.8. The second-order valence-corrected chi connectivity index (χ2v) is 9.07. The summed E-state index contributed by atoms with van der Waals surface area (Å²) in [7, 11) is 0. The van der Waals surface area contributed by atoms with Gasteiger partial charge in [0.05, 0.1) is 16.5 Å². The number of benzene rings is 1.